The summed E-state index contributed by atoms with van der Waals surface area (Å²) in [4.78, 5) is 24.7. The number of hydrogen-bond donors (Lipinski definition) is 2. The number of esters is 1. The summed E-state index contributed by atoms with van der Waals surface area (Å²) in [6.45, 7) is -0.284. The predicted octanol–water partition coefficient (Wildman–Crippen LogP) is 0.487. The maximum Gasteiger partial charge on any atom is 0.311 e. The van der Waals surface area contributed by atoms with Gasteiger partial charge in [0.15, 0.2) is 0 Å². The fourth-order valence-electron chi connectivity index (χ4n) is 1.39. The quantitative estimate of drug-likeness (QED) is 0.757. The zero-order valence-electron chi connectivity index (χ0n) is 9.13. The lowest BCUT2D eigenvalue weighted by Crippen LogP contribution is -2.22. The first-order valence-corrected chi connectivity index (χ1v) is 4.79. The van der Waals surface area contributed by atoms with Crippen LogP contribution in [0.4, 0.5) is 8.78 Å². The molecule has 0 amide bonds. The molecule has 1 rings (SSSR count). The molecule has 94 valence electrons. The summed E-state index contributed by atoms with van der Waals surface area (Å²) in [5.41, 5.74) is 3.97. The van der Waals surface area contributed by atoms with E-state index in [0.717, 1.165) is 6.07 Å². The van der Waals surface area contributed by atoms with E-state index in [9.17, 15) is 18.4 Å². The number of hydrogen-bond acceptors (Lipinski definition) is 4. The van der Waals surface area contributed by atoms with Gasteiger partial charge in [0, 0.05) is 23.4 Å². The van der Waals surface area contributed by atoms with Gasteiger partial charge in [-0.05, 0) is 6.07 Å². The summed E-state index contributed by atoms with van der Waals surface area (Å²) >= 11 is 0. The summed E-state index contributed by atoms with van der Waals surface area (Å²) in [5, 5.41) is 0. The maximum atomic E-state index is 12.7. The average molecular weight is 246 g/mol. The molecular weight excluding hydrogens is 234 g/mol. The molecule has 17 heavy (non-hydrogen) atoms. The fourth-order valence-corrected chi connectivity index (χ4v) is 1.39. The van der Waals surface area contributed by atoms with Crippen LogP contribution < -0.4 is 11.3 Å². The van der Waals surface area contributed by atoms with Crippen LogP contribution in [0.3, 0.4) is 0 Å². The Morgan fingerprint density at radius 2 is 2.24 bits per heavy atom. The number of aromatic nitrogens is 1. The third-order valence-electron chi connectivity index (χ3n) is 2.23. The van der Waals surface area contributed by atoms with Crippen LogP contribution in [0.5, 0.6) is 0 Å². The van der Waals surface area contributed by atoms with E-state index in [0.29, 0.717) is 0 Å². The van der Waals surface area contributed by atoms with Gasteiger partial charge in [-0.1, -0.05) is 0 Å². The number of carbonyl (C=O) groups excluding carboxylic acids is 1. The standard InChI is InChI=1S/C10H12F2N2O3/c1-17-8(15)3-5-2-6(9(11)12)7(4-13)10(16)14-5/h2,9H,3-4,13H2,1H3,(H,14,16). The lowest BCUT2D eigenvalue weighted by Gasteiger charge is -2.08. The van der Waals surface area contributed by atoms with Crippen molar-refractivity contribution >= 4 is 5.97 Å². The van der Waals surface area contributed by atoms with Gasteiger partial charge in [-0.25, -0.2) is 8.78 Å². The Balaban J connectivity index is 3.20. The van der Waals surface area contributed by atoms with Crippen LogP contribution in [0, 0.1) is 0 Å². The lowest BCUT2D eigenvalue weighted by molar-refractivity contribution is -0.139. The van der Waals surface area contributed by atoms with Gasteiger partial charge >= 0.3 is 5.97 Å². The Hall–Kier alpha value is -1.76. The molecule has 0 atom stereocenters. The Kier molecular flexibility index (Phi) is 4.33. The van der Waals surface area contributed by atoms with Crippen molar-refractivity contribution in [2.75, 3.05) is 7.11 Å². The Morgan fingerprint density at radius 1 is 1.59 bits per heavy atom. The zero-order chi connectivity index (χ0) is 13.0. The molecule has 5 nitrogen and oxygen atoms in total. The van der Waals surface area contributed by atoms with Gasteiger partial charge in [-0.15, -0.1) is 0 Å². The summed E-state index contributed by atoms with van der Waals surface area (Å²) in [7, 11) is 1.17. The molecule has 0 radical (unpaired) electrons. The van der Waals surface area contributed by atoms with Crippen molar-refractivity contribution in [3.05, 3.63) is 33.2 Å². The summed E-state index contributed by atoms with van der Waals surface area (Å²) in [6, 6.07) is 1.06. The number of pyridine rings is 1. The van der Waals surface area contributed by atoms with Crippen molar-refractivity contribution in [3.8, 4) is 0 Å². The third kappa shape index (κ3) is 3.10. The van der Waals surface area contributed by atoms with E-state index in [1.165, 1.54) is 7.11 Å². The molecule has 0 aromatic carbocycles. The van der Waals surface area contributed by atoms with E-state index in [4.69, 9.17) is 5.73 Å². The highest BCUT2D eigenvalue weighted by atomic mass is 19.3. The third-order valence-corrected chi connectivity index (χ3v) is 2.23. The number of nitrogens with one attached hydrogen (secondary N) is 1. The first-order chi connectivity index (χ1) is 7.99. The number of carbonyl (C=O) groups is 1. The van der Waals surface area contributed by atoms with Crippen LogP contribution >= 0.6 is 0 Å². The molecule has 0 saturated carbocycles. The number of H-pyrrole nitrogens is 1. The number of alkyl halides is 2. The lowest BCUT2D eigenvalue weighted by atomic mass is 10.1. The summed E-state index contributed by atoms with van der Waals surface area (Å²) in [6.07, 6.45) is -3.08. The number of aromatic amines is 1. The van der Waals surface area contributed by atoms with E-state index >= 15 is 0 Å². The normalized spacial score (nSPS) is 10.6. The molecular formula is C10H12F2N2O3. The highest BCUT2D eigenvalue weighted by molar-refractivity contribution is 5.71. The SMILES string of the molecule is COC(=O)Cc1cc(C(F)F)c(CN)c(=O)[nH]1. The van der Waals surface area contributed by atoms with E-state index in [2.05, 4.69) is 9.72 Å². The second-order valence-electron chi connectivity index (χ2n) is 3.32. The van der Waals surface area contributed by atoms with Gasteiger partial charge in [-0.3, -0.25) is 9.59 Å². The van der Waals surface area contributed by atoms with E-state index in [1.54, 1.807) is 0 Å². The molecule has 7 heteroatoms. The molecule has 3 N–H and O–H groups in total. The summed E-state index contributed by atoms with van der Waals surface area (Å²) in [5.74, 6) is -0.624. The van der Waals surface area contributed by atoms with Crippen molar-refractivity contribution in [1.82, 2.24) is 4.98 Å². The number of nitrogens with two attached hydrogens (primary N) is 1. The van der Waals surface area contributed by atoms with Gasteiger partial charge in [0.1, 0.15) is 0 Å². The molecule has 1 aromatic rings. The number of halogens is 2. The van der Waals surface area contributed by atoms with Gasteiger partial charge in [-0.2, -0.15) is 0 Å². The van der Waals surface area contributed by atoms with Gasteiger partial charge in [0.25, 0.3) is 12.0 Å². The second-order valence-corrected chi connectivity index (χ2v) is 3.32. The molecule has 0 spiro atoms. The first-order valence-electron chi connectivity index (χ1n) is 4.79. The average Bonchev–Trinajstić information content (AvgIpc) is 2.28. The van der Waals surface area contributed by atoms with Crippen molar-refractivity contribution in [3.63, 3.8) is 0 Å². The largest absolute Gasteiger partial charge is 0.469 e. The smallest absolute Gasteiger partial charge is 0.311 e. The minimum Gasteiger partial charge on any atom is -0.469 e. The number of rotatable bonds is 4. The maximum absolute atomic E-state index is 12.7. The monoisotopic (exact) mass is 246 g/mol. The van der Waals surface area contributed by atoms with Crippen LogP contribution in [0.1, 0.15) is 23.2 Å². The Bertz CT molecular complexity index is 471. The molecule has 0 fully saturated rings. The predicted molar refractivity (Wildman–Crippen MR) is 55.6 cm³/mol. The number of methoxy groups -OCH3 is 1. The number of ether oxygens (including phenoxy) is 1. The van der Waals surface area contributed by atoms with Crippen LogP contribution in [0.2, 0.25) is 0 Å². The zero-order valence-corrected chi connectivity index (χ0v) is 9.13. The topological polar surface area (TPSA) is 85.2 Å². The van der Waals surface area contributed by atoms with Crippen LogP contribution in [-0.2, 0) is 22.5 Å². The Labute approximate surface area is 95.6 Å². The molecule has 1 aromatic heterocycles. The minimum atomic E-state index is -2.81. The molecule has 0 saturated heterocycles. The van der Waals surface area contributed by atoms with E-state index in [-0.39, 0.29) is 24.2 Å². The summed E-state index contributed by atoms with van der Waals surface area (Å²) < 4.78 is 29.7. The highest BCUT2D eigenvalue weighted by Crippen LogP contribution is 2.21. The van der Waals surface area contributed by atoms with Gasteiger partial charge in [0.05, 0.1) is 13.5 Å². The van der Waals surface area contributed by atoms with Crippen LogP contribution in [0.15, 0.2) is 10.9 Å². The van der Waals surface area contributed by atoms with E-state index in [1.807, 2.05) is 0 Å². The fraction of sp³-hybridized carbons (Fsp3) is 0.400. The van der Waals surface area contributed by atoms with Gasteiger partial charge in [0.2, 0.25) is 0 Å². The molecule has 0 unspecified atom stereocenters. The van der Waals surface area contributed by atoms with Crippen LogP contribution in [-0.4, -0.2) is 18.1 Å². The first kappa shape index (κ1) is 13.3. The molecule has 1 heterocycles. The van der Waals surface area contributed by atoms with Crippen molar-refractivity contribution in [1.29, 1.82) is 0 Å². The van der Waals surface area contributed by atoms with Crippen LogP contribution in [0.25, 0.3) is 0 Å². The van der Waals surface area contributed by atoms with Crippen molar-refractivity contribution < 1.29 is 18.3 Å². The van der Waals surface area contributed by atoms with Crippen molar-refractivity contribution in [2.24, 2.45) is 5.73 Å². The minimum absolute atomic E-state index is 0.0781. The van der Waals surface area contributed by atoms with E-state index < -0.39 is 23.5 Å². The van der Waals surface area contributed by atoms with Gasteiger partial charge < -0.3 is 15.5 Å². The molecule has 0 bridgehead atoms. The molecule has 0 aliphatic carbocycles. The molecule has 0 aliphatic rings. The second kappa shape index (κ2) is 5.53. The molecule has 0 aliphatic heterocycles. The van der Waals surface area contributed by atoms with Crippen molar-refractivity contribution in [2.45, 2.75) is 19.4 Å². The highest BCUT2D eigenvalue weighted by Gasteiger charge is 2.17. The Morgan fingerprint density at radius 3 is 2.71 bits per heavy atom.